The van der Waals surface area contributed by atoms with Crippen molar-refractivity contribution in [1.29, 1.82) is 0 Å². The minimum absolute atomic E-state index is 0.375. The summed E-state index contributed by atoms with van der Waals surface area (Å²) in [7, 11) is 3.98. The van der Waals surface area contributed by atoms with Crippen molar-refractivity contribution in [2.45, 2.75) is 38.8 Å². The fourth-order valence-electron chi connectivity index (χ4n) is 2.90. The van der Waals surface area contributed by atoms with Crippen molar-refractivity contribution in [2.75, 3.05) is 27.2 Å². The SMILES string of the molecule is COc1ccc(C)cc1C(C)N(C)C1CCCNC1. The average Bonchev–Trinajstić information content (AvgIpc) is 2.46. The van der Waals surface area contributed by atoms with Gasteiger partial charge in [-0.15, -0.1) is 0 Å². The van der Waals surface area contributed by atoms with Gasteiger partial charge in [-0.05, 0) is 46.3 Å². The summed E-state index contributed by atoms with van der Waals surface area (Å²) >= 11 is 0. The van der Waals surface area contributed by atoms with Crippen molar-refractivity contribution in [3.05, 3.63) is 29.3 Å². The van der Waals surface area contributed by atoms with Gasteiger partial charge in [-0.3, -0.25) is 4.90 Å². The minimum Gasteiger partial charge on any atom is -0.496 e. The lowest BCUT2D eigenvalue weighted by Crippen LogP contribution is -2.45. The van der Waals surface area contributed by atoms with E-state index in [0.717, 1.165) is 18.8 Å². The lowest BCUT2D eigenvalue weighted by atomic mass is 9.99. The lowest BCUT2D eigenvalue weighted by Gasteiger charge is -2.36. The number of likely N-dealkylation sites (N-methyl/N-ethyl adjacent to an activating group) is 1. The molecule has 2 unspecified atom stereocenters. The number of ether oxygens (including phenoxy) is 1. The molecule has 2 rings (SSSR count). The second-order valence-electron chi connectivity index (χ2n) is 5.59. The van der Waals surface area contributed by atoms with Crippen LogP contribution in [0.3, 0.4) is 0 Å². The van der Waals surface area contributed by atoms with Gasteiger partial charge in [0.2, 0.25) is 0 Å². The second kappa shape index (κ2) is 6.40. The molecule has 106 valence electrons. The van der Waals surface area contributed by atoms with E-state index in [9.17, 15) is 0 Å². The van der Waals surface area contributed by atoms with Crippen LogP contribution in [0.5, 0.6) is 5.75 Å². The van der Waals surface area contributed by atoms with Gasteiger partial charge >= 0.3 is 0 Å². The summed E-state index contributed by atoms with van der Waals surface area (Å²) < 4.78 is 5.52. The van der Waals surface area contributed by atoms with Crippen molar-refractivity contribution < 1.29 is 4.74 Å². The molecule has 1 heterocycles. The van der Waals surface area contributed by atoms with Crippen LogP contribution in [0.25, 0.3) is 0 Å². The third kappa shape index (κ3) is 3.28. The molecule has 3 nitrogen and oxygen atoms in total. The standard InChI is InChI=1S/C16H26N2O/c1-12-7-8-16(19-4)15(10-12)13(2)18(3)14-6-5-9-17-11-14/h7-8,10,13-14,17H,5-6,9,11H2,1-4H3. The van der Waals surface area contributed by atoms with E-state index < -0.39 is 0 Å². The molecule has 0 saturated carbocycles. The van der Waals surface area contributed by atoms with Gasteiger partial charge in [-0.1, -0.05) is 17.7 Å². The van der Waals surface area contributed by atoms with Crippen LogP contribution in [0, 0.1) is 6.92 Å². The summed E-state index contributed by atoms with van der Waals surface area (Å²) in [5, 5.41) is 3.49. The number of benzene rings is 1. The Hall–Kier alpha value is -1.06. The van der Waals surface area contributed by atoms with Crippen LogP contribution < -0.4 is 10.1 Å². The first-order valence-corrected chi connectivity index (χ1v) is 7.20. The van der Waals surface area contributed by atoms with Gasteiger partial charge in [0.1, 0.15) is 5.75 Å². The van der Waals surface area contributed by atoms with E-state index in [1.165, 1.54) is 24.0 Å². The van der Waals surface area contributed by atoms with E-state index in [2.05, 4.69) is 49.3 Å². The second-order valence-corrected chi connectivity index (χ2v) is 5.59. The van der Waals surface area contributed by atoms with Crippen LogP contribution >= 0.6 is 0 Å². The number of nitrogens with one attached hydrogen (secondary N) is 1. The van der Waals surface area contributed by atoms with Crippen LogP contribution in [-0.2, 0) is 0 Å². The Bertz CT molecular complexity index is 413. The predicted octanol–water partition coefficient (Wildman–Crippen LogP) is 2.75. The topological polar surface area (TPSA) is 24.5 Å². The molecule has 0 spiro atoms. The smallest absolute Gasteiger partial charge is 0.123 e. The van der Waals surface area contributed by atoms with E-state index in [1.807, 2.05) is 0 Å². The number of rotatable bonds is 4. The molecule has 1 saturated heterocycles. The van der Waals surface area contributed by atoms with E-state index in [0.29, 0.717) is 12.1 Å². The molecule has 0 amide bonds. The molecule has 1 N–H and O–H groups in total. The normalized spacial score (nSPS) is 21.4. The first-order chi connectivity index (χ1) is 9.13. The molecule has 1 fully saturated rings. The van der Waals surface area contributed by atoms with Gasteiger partial charge in [0, 0.05) is 24.2 Å². The van der Waals surface area contributed by atoms with E-state index >= 15 is 0 Å². The van der Waals surface area contributed by atoms with Gasteiger partial charge < -0.3 is 10.1 Å². The number of hydrogen-bond donors (Lipinski definition) is 1. The Labute approximate surface area is 116 Å². The number of aryl methyl sites for hydroxylation is 1. The highest BCUT2D eigenvalue weighted by Crippen LogP contribution is 2.31. The average molecular weight is 262 g/mol. The zero-order valence-electron chi connectivity index (χ0n) is 12.6. The molecule has 0 aliphatic carbocycles. The minimum atomic E-state index is 0.375. The highest BCUT2D eigenvalue weighted by Gasteiger charge is 2.24. The lowest BCUT2D eigenvalue weighted by molar-refractivity contribution is 0.154. The molecule has 1 aromatic carbocycles. The van der Waals surface area contributed by atoms with Crippen molar-refractivity contribution in [1.82, 2.24) is 10.2 Å². The van der Waals surface area contributed by atoms with Crippen LogP contribution in [0.2, 0.25) is 0 Å². The predicted molar refractivity (Wildman–Crippen MR) is 79.8 cm³/mol. The highest BCUT2D eigenvalue weighted by molar-refractivity contribution is 5.39. The molecular formula is C16H26N2O. The zero-order valence-corrected chi connectivity index (χ0v) is 12.6. The van der Waals surface area contributed by atoms with Crippen LogP contribution in [0.15, 0.2) is 18.2 Å². The molecule has 1 aromatic rings. The third-order valence-corrected chi connectivity index (χ3v) is 4.29. The molecule has 2 atom stereocenters. The molecule has 0 radical (unpaired) electrons. The summed E-state index contributed by atoms with van der Waals surface area (Å²) in [5.41, 5.74) is 2.58. The monoisotopic (exact) mass is 262 g/mol. The maximum Gasteiger partial charge on any atom is 0.123 e. The molecule has 3 heteroatoms. The maximum atomic E-state index is 5.52. The summed E-state index contributed by atoms with van der Waals surface area (Å²) in [4.78, 5) is 2.48. The van der Waals surface area contributed by atoms with Gasteiger partial charge in [0.05, 0.1) is 7.11 Å². The molecule has 1 aliphatic heterocycles. The van der Waals surface area contributed by atoms with Crippen LogP contribution in [0.1, 0.15) is 36.9 Å². The van der Waals surface area contributed by atoms with E-state index in [1.54, 1.807) is 7.11 Å². The first kappa shape index (κ1) is 14.4. The largest absolute Gasteiger partial charge is 0.496 e. The van der Waals surface area contributed by atoms with Crippen LogP contribution in [0.4, 0.5) is 0 Å². The molecule has 0 bridgehead atoms. The van der Waals surface area contributed by atoms with E-state index in [4.69, 9.17) is 4.74 Å². The van der Waals surface area contributed by atoms with Crippen molar-refractivity contribution in [3.63, 3.8) is 0 Å². The Morgan fingerprint density at radius 2 is 2.21 bits per heavy atom. The van der Waals surface area contributed by atoms with Crippen LogP contribution in [-0.4, -0.2) is 38.2 Å². The fourth-order valence-corrected chi connectivity index (χ4v) is 2.90. The number of nitrogens with zero attached hydrogens (tertiary/aromatic N) is 1. The van der Waals surface area contributed by atoms with Crippen molar-refractivity contribution in [3.8, 4) is 5.75 Å². The number of hydrogen-bond acceptors (Lipinski definition) is 3. The van der Waals surface area contributed by atoms with E-state index in [-0.39, 0.29) is 0 Å². The van der Waals surface area contributed by atoms with Gasteiger partial charge in [0.15, 0.2) is 0 Å². The Morgan fingerprint density at radius 1 is 1.42 bits per heavy atom. The summed E-state index contributed by atoms with van der Waals surface area (Å²) in [6, 6.07) is 7.43. The summed E-state index contributed by atoms with van der Waals surface area (Å²) in [6.07, 6.45) is 2.55. The van der Waals surface area contributed by atoms with Gasteiger partial charge in [0.25, 0.3) is 0 Å². The van der Waals surface area contributed by atoms with Crippen molar-refractivity contribution >= 4 is 0 Å². The summed E-state index contributed by atoms with van der Waals surface area (Å²) in [5.74, 6) is 0.994. The molecule has 0 aromatic heterocycles. The fraction of sp³-hybridized carbons (Fsp3) is 0.625. The van der Waals surface area contributed by atoms with Gasteiger partial charge in [-0.2, -0.15) is 0 Å². The summed E-state index contributed by atoms with van der Waals surface area (Å²) in [6.45, 7) is 6.66. The van der Waals surface area contributed by atoms with Gasteiger partial charge in [-0.25, -0.2) is 0 Å². The molecular weight excluding hydrogens is 236 g/mol. The molecule has 19 heavy (non-hydrogen) atoms. The van der Waals surface area contributed by atoms with Crippen molar-refractivity contribution in [2.24, 2.45) is 0 Å². The molecule has 1 aliphatic rings. The maximum absolute atomic E-state index is 5.52. The highest BCUT2D eigenvalue weighted by atomic mass is 16.5. The Morgan fingerprint density at radius 3 is 2.84 bits per heavy atom. The number of methoxy groups -OCH3 is 1. The third-order valence-electron chi connectivity index (χ3n) is 4.29. The Kier molecular flexibility index (Phi) is 4.83. The first-order valence-electron chi connectivity index (χ1n) is 7.20. The Balaban J connectivity index is 2.17. The quantitative estimate of drug-likeness (QED) is 0.903. The zero-order chi connectivity index (χ0) is 13.8. The number of piperidine rings is 1.